The Bertz CT molecular complexity index is 466. The molecule has 1 heterocycles. The molecule has 2 aromatic rings. The molecule has 0 N–H and O–H groups in total. The van der Waals surface area contributed by atoms with Crippen LogP contribution in [0.3, 0.4) is 0 Å². The van der Waals surface area contributed by atoms with Crippen LogP contribution in [0.4, 0.5) is 0 Å². The molecule has 0 aliphatic rings. The summed E-state index contributed by atoms with van der Waals surface area (Å²) in [6, 6.07) is 6.51. The van der Waals surface area contributed by atoms with Crippen molar-refractivity contribution < 1.29 is 4.74 Å². The largest absolute Gasteiger partial charge is 0.487 e. The predicted molar refractivity (Wildman–Crippen MR) is 73.7 cm³/mol. The van der Waals surface area contributed by atoms with E-state index < -0.39 is 0 Å². The van der Waals surface area contributed by atoms with E-state index in [1.165, 1.54) is 19.2 Å². The second-order valence-corrected chi connectivity index (χ2v) is 5.65. The predicted octanol–water partition coefficient (Wildman–Crippen LogP) is 4.41. The van der Waals surface area contributed by atoms with Gasteiger partial charge in [0.1, 0.15) is 0 Å². The van der Waals surface area contributed by atoms with Gasteiger partial charge in [-0.2, -0.15) is 0 Å². The van der Waals surface area contributed by atoms with Gasteiger partial charge in [-0.05, 0) is 51.7 Å². The maximum absolute atomic E-state index is 5.22. The molecule has 2 rings (SSSR count). The molecule has 1 nitrogen and oxygen atoms in total. The average molecular weight is 383 g/mol. The van der Waals surface area contributed by atoms with Gasteiger partial charge >= 0.3 is 0 Å². The lowest BCUT2D eigenvalue weighted by Crippen LogP contribution is -1.81. The van der Waals surface area contributed by atoms with Gasteiger partial charge in [0.15, 0.2) is 5.06 Å². The number of halogens is 2. The fourth-order valence-corrected chi connectivity index (χ4v) is 4.04. The standard InChI is InChI=1S/C10H8BrIOS/c1-13-10-3-6-2-7(5-11)8(12)4-9(6)14-10/h2-4H,5H2,1H3. The zero-order valence-electron chi connectivity index (χ0n) is 7.51. The van der Waals surface area contributed by atoms with E-state index in [9.17, 15) is 0 Å². The fourth-order valence-electron chi connectivity index (χ4n) is 1.29. The minimum Gasteiger partial charge on any atom is -0.487 e. The Kier molecular flexibility index (Phi) is 3.34. The zero-order valence-corrected chi connectivity index (χ0v) is 12.1. The van der Waals surface area contributed by atoms with E-state index >= 15 is 0 Å². The number of thiophene rings is 1. The minimum atomic E-state index is 0.902. The van der Waals surface area contributed by atoms with E-state index in [-0.39, 0.29) is 0 Å². The molecular weight excluding hydrogens is 375 g/mol. The van der Waals surface area contributed by atoms with Gasteiger partial charge in [0.25, 0.3) is 0 Å². The molecule has 0 fully saturated rings. The van der Waals surface area contributed by atoms with Gasteiger partial charge in [0, 0.05) is 13.6 Å². The van der Waals surface area contributed by atoms with Gasteiger partial charge < -0.3 is 4.74 Å². The van der Waals surface area contributed by atoms with Crippen molar-refractivity contribution in [3.05, 3.63) is 27.3 Å². The normalized spacial score (nSPS) is 10.8. The minimum absolute atomic E-state index is 0.902. The zero-order chi connectivity index (χ0) is 10.1. The lowest BCUT2D eigenvalue weighted by Gasteiger charge is -1.99. The quantitative estimate of drug-likeness (QED) is 0.552. The molecule has 0 amide bonds. The first-order chi connectivity index (χ1) is 6.74. The highest BCUT2D eigenvalue weighted by Crippen LogP contribution is 2.34. The van der Waals surface area contributed by atoms with Gasteiger partial charge in [0.2, 0.25) is 0 Å². The van der Waals surface area contributed by atoms with Crippen molar-refractivity contribution in [2.24, 2.45) is 0 Å². The first-order valence-corrected chi connectivity index (χ1v) is 7.08. The molecule has 0 saturated carbocycles. The van der Waals surface area contributed by atoms with E-state index in [1.807, 2.05) is 0 Å². The Labute approximate surface area is 109 Å². The van der Waals surface area contributed by atoms with E-state index in [0.717, 1.165) is 10.4 Å². The molecule has 4 heteroatoms. The fraction of sp³-hybridized carbons (Fsp3) is 0.200. The maximum atomic E-state index is 5.22. The van der Waals surface area contributed by atoms with Crippen LogP contribution in [0.5, 0.6) is 5.06 Å². The van der Waals surface area contributed by atoms with Crippen molar-refractivity contribution in [1.82, 2.24) is 0 Å². The van der Waals surface area contributed by atoms with Crippen molar-refractivity contribution in [3.63, 3.8) is 0 Å². The number of benzene rings is 1. The lowest BCUT2D eigenvalue weighted by atomic mass is 10.2. The van der Waals surface area contributed by atoms with Crippen LogP contribution in [-0.4, -0.2) is 7.11 Å². The Morgan fingerprint density at radius 3 is 2.86 bits per heavy atom. The molecule has 0 saturated heterocycles. The molecule has 0 radical (unpaired) electrons. The molecule has 1 aromatic heterocycles. The van der Waals surface area contributed by atoms with Crippen molar-refractivity contribution in [1.29, 1.82) is 0 Å². The summed E-state index contributed by atoms with van der Waals surface area (Å²) >= 11 is 7.54. The summed E-state index contributed by atoms with van der Waals surface area (Å²) in [6.45, 7) is 0. The number of ether oxygens (including phenoxy) is 1. The molecular formula is C10H8BrIOS. The summed E-state index contributed by atoms with van der Waals surface area (Å²) in [5.74, 6) is 0. The van der Waals surface area contributed by atoms with Crippen molar-refractivity contribution >= 4 is 59.9 Å². The molecule has 14 heavy (non-hydrogen) atoms. The van der Waals surface area contributed by atoms with E-state index in [1.54, 1.807) is 18.4 Å². The highest BCUT2D eigenvalue weighted by molar-refractivity contribution is 14.1. The van der Waals surface area contributed by atoms with Crippen LogP contribution in [0.25, 0.3) is 10.1 Å². The van der Waals surface area contributed by atoms with Crippen molar-refractivity contribution in [2.75, 3.05) is 7.11 Å². The van der Waals surface area contributed by atoms with Crippen LogP contribution in [0.15, 0.2) is 18.2 Å². The Morgan fingerprint density at radius 1 is 1.43 bits per heavy atom. The van der Waals surface area contributed by atoms with Gasteiger partial charge in [0.05, 0.1) is 7.11 Å². The third kappa shape index (κ3) is 1.92. The Balaban J connectivity index is 2.64. The highest BCUT2D eigenvalue weighted by atomic mass is 127. The summed E-state index contributed by atoms with van der Waals surface area (Å²) in [5, 5.41) is 3.14. The van der Waals surface area contributed by atoms with Crippen LogP contribution in [0, 0.1) is 3.57 Å². The van der Waals surface area contributed by atoms with E-state index in [2.05, 4.69) is 56.7 Å². The van der Waals surface area contributed by atoms with Gasteiger partial charge in [-0.15, -0.1) is 0 Å². The van der Waals surface area contributed by atoms with E-state index in [0.29, 0.717) is 0 Å². The summed E-state index contributed by atoms with van der Waals surface area (Å²) < 4.78 is 7.81. The summed E-state index contributed by atoms with van der Waals surface area (Å²) in [5.41, 5.74) is 1.33. The van der Waals surface area contributed by atoms with Crippen LogP contribution >= 0.6 is 49.9 Å². The first-order valence-electron chi connectivity index (χ1n) is 4.06. The summed E-state index contributed by atoms with van der Waals surface area (Å²) in [4.78, 5) is 0. The number of hydrogen-bond donors (Lipinski definition) is 0. The molecule has 0 aliphatic carbocycles. The van der Waals surface area contributed by atoms with Gasteiger partial charge in [-0.25, -0.2) is 0 Å². The number of methoxy groups -OCH3 is 1. The monoisotopic (exact) mass is 382 g/mol. The molecule has 0 bridgehead atoms. The molecule has 0 atom stereocenters. The van der Waals surface area contributed by atoms with Gasteiger partial charge in [-0.3, -0.25) is 0 Å². The summed E-state index contributed by atoms with van der Waals surface area (Å²) in [6.07, 6.45) is 0. The maximum Gasteiger partial charge on any atom is 0.174 e. The second-order valence-electron chi connectivity index (χ2n) is 2.88. The molecule has 1 aromatic carbocycles. The third-order valence-corrected chi connectivity index (χ3v) is 4.68. The molecule has 74 valence electrons. The molecule has 0 unspecified atom stereocenters. The Morgan fingerprint density at radius 2 is 2.21 bits per heavy atom. The van der Waals surface area contributed by atoms with Crippen molar-refractivity contribution in [2.45, 2.75) is 5.33 Å². The smallest absolute Gasteiger partial charge is 0.174 e. The second kappa shape index (κ2) is 4.37. The van der Waals surface area contributed by atoms with E-state index in [4.69, 9.17) is 4.74 Å². The third-order valence-electron chi connectivity index (χ3n) is 2.01. The summed E-state index contributed by atoms with van der Waals surface area (Å²) in [7, 11) is 1.71. The SMILES string of the molecule is COc1cc2cc(CBr)c(I)cc2s1. The van der Waals surface area contributed by atoms with Crippen LogP contribution in [0.1, 0.15) is 5.56 Å². The van der Waals surface area contributed by atoms with Crippen LogP contribution in [-0.2, 0) is 5.33 Å². The lowest BCUT2D eigenvalue weighted by molar-refractivity contribution is 0.427. The topological polar surface area (TPSA) is 9.23 Å². The number of rotatable bonds is 2. The number of alkyl halides is 1. The van der Waals surface area contributed by atoms with Crippen LogP contribution < -0.4 is 4.74 Å². The van der Waals surface area contributed by atoms with Crippen LogP contribution in [0.2, 0.25) is 0 Å². The van der Waals surface area contributed by atoms with Gasteiger partial charge in [-0.1, -0.05) is 27.3 Å². The first kappa shape index (κ1) is 10.7. The number of fused-ring (bicyclic) bond motifs is 1. The average Bonchev–Trinajstić information content (AvgIpc) is 2.58. The molecule has 0 spiro atoms. The molecule has 0 aliphatic heterocycles. The Hall–Kier alpha value is 0.190. The highest BCUT2D eigenvalue weighted by Gasteiger charge is 2.05. The number of hydrogen-bond acceptors (Lipinski definition) is 2. The van der Waals surface area contributed by atoms with Crippen molar-refractivity contribution in [3.8, 4) is 5.06 Å².